The van der Waals surface area contributed by atoms with Gasteiger partial charge in [-0.2, -0.15) is 0 Å². The van der Waals surface area contributed by atoms with Crippen LogP contribution in [0.25, 0.3) is 0 Å². The van der Waals surface area contributed by atoms with Crippen molar-refractivity contribution in [2.75, 3.05) is 18.1 Å². The molecule has 1 spiro atoms. The van der Waals surface area contributed by atoms with Crippen molar-refractivity contribution in [3.8, 4) is 0 Å². The lowest BCUT2D eigenvalue weighted by molar-refractivity contribution is -0.154. The molecule has 0 bridgehead atoms. The van der Waals surface area contributed by atoms with Gasteiger partial charge in [0, 0.05) is 6.54 Å². The zero-order chi connectivity index (χ0) is 26.7. The van der Waals surface area contributed by atoms with E-state index in [0.717, 1.165) is 33.6 Å². The molecule has 0 unspecified atom stereocenters. The lowest BCUT2D eigenvalue weighted by atomic mass is 9.59. The molecule has 0 fully saturated rings. The molecule has 3 heterocycles. The summed E-state index contributed by atoms with van der Waals surface area (Å²) in [5.74, 6) is -1.83. The molecule has 2 amide bonds. The number of aryl methyl sites for hydroxylation is 1. The van der Waals surface area contributed by atoms with E-state index in [0.29, 0.717) is 17.8 Å². The van der Waals surface area contributed by atoms with Crippen LogP contribution in [0.4, 0.5) is 10.5 Å². The maximum Gasteiger partial charge on any atom is 0.421 e. The fourth-order valence-corrected chi connectivity index (χ4v) is 6.30. The van der Waals surface area contributed by atoms with Crippen LogP contribution >= 0.6 is 0 Å². The van der Waals surface area contributed by atoms with Crippen LogP contribution in [-0.4, -0.2) is 41.6 Å². The van der Waals surface area contributed by atoms with Gasteiger partial charge in [-0.05, 0) is 82.5 Å². The molecule has 7 heteroatoms. The number of hydrogen-bond donors (Lipinski definition) is 0. The van der Waals surface area contributed by atoms with E-state index in [1.807, 2.05) is 50.4 Å². The minimum absolute atomic E-state index is 0.189. The first-order chi connectivity index (χ1) is 17.5. The molecule has 2 aromatic carbocycles. The van der Waals surface area contributed by atoms with Crippen LogP contribution in [0.3, 0.4) is 0 Å². The number of carbonyl (C=O) groups excluding carboxylic acids is 3. The molecule has 5 rings (SSSR count). The van der Waals surface area contributed by atoms with Gasteiger partial charge in [0.15, 0.2) is 0 Å². The van der Waals surface area contributed by atoms with Gasteiger partial charge in [0.2, 0.25) is 0 Å². The fraction of sp³-hybridized carbons (Fsp3) is 0.433. The fourth-order valence-electron chi connectivity index (χ4n) is 6.30. The third-order valence-corrected chi connectivity index (χ3v) is 7.53. The summed E-state index contributed by atoms with van der Waals surface area (Å²) in [6.45, 7) is 11.8. The maximum atomic E-state index is 14.9. The monoisotopic (exact) mass is 502 g/mol. The molecular formula is C30H34N2O5. The molecule has 3 aliphatic rings. The summed E-state index contributed by atoms with van der Waals surface area (Å²) in [6, 6.07) is 13.2. The van der Waals surface area contributed by atoms with Crippen molar-refractivity contribution in [1.82, 2.24) is 4.90 Å². The Morgan fingerprint density at radius 3 is 2.54 bits per heavy atom. The number of hydrogen-bond acceptors (Lipinski definition) is 6. The molecule has 0 radical (unpaired) electrons. The maximum absolute atomic E-state index is 14.9. The van der Waals surface area contributed by atoms with Crippen molar-refractivity contribution < 1.29 is 23.9 Å². The standard InChI is InChI=1S/C30H34N2O5/c1-7-36-26(33)24-19(3)17-31-15-14-20-10-8-9-11-21(20)25(31)30(24)22-16-18(2)12-13-23(22)32(27(30)34)28(35)37-29(4,5)6/h8-13,16-17,24-25H,7,14-15H2,1-6H3/t24-,25+,30+/m0/s1. The number of rotatable bonds is 2. The number of esters is 1. The Hall–Kier alpha value is -3.61. The molecule has 2 aromatic rings. The van der Waals surface area contributed by atoms with Gasteiger partial charge in [-0.25, -0.2) is 9.69 Å². The second-order valence-electron chi connectivity index (χ2n) is 11.2. The molecule has 0 aliphatic carbocycles. The smallest absolute Gasteiger partial charge is 0.421 e. The zero-order valence-corrected chi connectivity index (χ0v) is 22.3. The summed E-state index contributed by atoms with van der Waals surface area (Å²) in [4.78, 5) is 45.5. The van der Waals surface area contributed by atoms with E-state index in [2.05, 4.69) is 11.0 Å². The quantitative estimate of drug-likeness (QED) is 0.525. The molecule has 0 saturated carbocycles. The van der Waals surface area contributed by atoms with Gasteiger partial charge < -0.3 is 14.4 Å². The largest absolute Gasteiger partial charge is 0.465 e. The molecule has 3 aliphatic heterocycles. The number of anilines is 1. The summed E-state index contributed by atoms with van der Waals surface area (Å²) in [7, 11) is 0. The molecule has 0 N–H and O–H groups in total. The lowest BCUT2D eigenvalue weighted by Crippen LogP contribution is -2.60. The van der Waals surface area contributed by atoms with Crippen molar-refractivity contribution in [3.63, 3.8) is 0 Å². The number of fused-ring (bicyclic) bond motifs is 6. The predicted molar refractivity (Wildman–Crippen MR) is 140 cm³/mol. The summed E-state index contributed by atoms with van der Waals surface area (Å²) in [5, 5.41) is 0. The highest BCUT2D eigenvalue weighted by Gasteiger charge is 2.67. The van der Waals surface area contributed by atoms with Gasteiger partial charge in [-0.15, -0.1) is 0 Å². The lowest BCUT2D eigenvalue weighted by Gasteiger charge is -2.52. The van der Waals surface area contributed by atoms with Gasteiger partial charge in [0.1, 0.15) is 16.9 Å². The first-order valence-electron chi connectivity index (χ1n) is 12.9. The Kier molecular flexibility index (Phi) is 5.93. The third kappa shape index (κ3) is 3.74. The van der Waals surface area contributed by atoms with E-state index >= 15 is 0 Å². The molecule has 3 atom stereocenters. The Balaban J connectivity index is 1.84. The third-order valence-electron chi connectivity index (χ3n) is 7.53. The van der Waals surface area contributed by atoms with Crippen LogP contribution < -0.4 is 4.90 Å². The minimum Gasteiger partial charge on any atom is -0.465 e. The molecule has 0 saturated heterocycles. The summed E-state index contributed by atoms with van der Waals surface area (Å²) in [5.41, 5.74) is 2.69. The average Bonchev–Trinajstić information content (AvgIpc) is 3.06. The van der Waals surface area contributed by atoms with E-state index in [-0.39, 0.29) is 6.61 Å². The molecular weight excluding hydrogens is 468 g/mol. The van der Waals surface area contributed by atoms with Crippen molar-refractivity contribution >= 4 is 23.7 Å². The van der Waals surface area contributed by atoms with Crippen LogP contribution in [0.1, 0.15) is 62.9 Å². The van der Waals surface area contributed by atoms with Crippen LogP contribution in [0.2, 0.25) is 0 Å². The van der Waals surface area contributed by atoms with Crippen molar-refractivity contribution in [2.45, 2.75) is 65.0 Å². The van der Waals surface area contributed by atoms with Crippen molar-refractivity contribution in [2.24, 2.45) is 5.92 Å². The molecule has 194 valence electrons. The highest BCUT2D eigenvalue weighted by molar-refractivity contribution is 6.23. The Morgan fingerprint density at radius 1 is 1.11 bits per heavy atom. The molecule has 0 aromatic heterocycles. The van der Waals surface area contributed by atoms with Crippen LogP contribution in [0.5, 0.6) is 0 Å². The summed E-state index contributed by atoms with van der Waals surface area (Å²) >= 11 is 0. The van der Waals surface area contributed by atoms with Gasteiger partial charge >= 0.3 is 12.1 Å². The SMILES string of the molecule is CCOC(=O)[C@@H]1C(C)=CN2CCc3ccccc3[C@@H]2[C@]12C(=O)N(C(=O)OC(C)(C)C)c1ccc(C)cc12. The zero-order valence-electron chi connectivity index (χ0n) is 22.3. The van der Waals surface area contributed by atoms with Gasteiger partial charge in [-0.1, -0.05) is 42.0 Å². The number of nitrogens with zero attached hydrogens (tertiary/aromatic N) is 2. The highest BCUT2D eigenvalue weighted by atomic mass is 16.6. The number of imide groups is 1. The van der Waals surface area contributed by atoms with Gasteiger partial charge in [-0.3, -0.25) is 9.59 Å². The van der Waals surface area contributed by atoms with E-state index in [4.69, 9.17) is 9.47 Å². The second kappa shape index (κ2) is 8.75. The highest BCUT2D eigenvalue weighted by Crippen LogP contribution is 2.60. The number of benzene rings is 2. The van der Waals surface area contributed by atoms with Gasteiger partial charge in [0.25, 0.3) is 5.91 Å². The van der Waals surface area contributed by atoms with Crippen molar-refractivity contribution in [1.29, 1.82) is 0 Å². The summed E-state index contributed by atoms with van der Waals surface area (Å²) < 4.78 is 11.3. The van der Waals surface area contributed by atoms with E-state index in [9.17, 15) is 14.4 Å². The second-order valence-corrected chi connectivity index (χ2v) is 11.2. The topological polar surface area (TPSA) is 76.2 Å². The predicted octanol–water partition coefficient (Wildman–Crippen LogP) is 5.21. The number of ether oxygens (including phenoxy) is 2. The first-order valence-corrected chi connectivity index (χ1v) is 12.9. The minimum atomic E-state index is -1.40. The first kappa shape index (κ1) is 25.1. The Labute approximate surface area is 218 Å². The summed E-state index contributed by atoms with van der Waals surface area (Å²) in [6.07, 6.45) is 2.07. The molecule has 7 nitrogen and oxygen atoms in total. The normalized spacial score (nSPS) is 24.3. The number of carbonyl (C=O) groups is 3. The van der Waals surface area contributed by atoms with Crippen molar-refractivity contribution in [3.05, 3.63) is 76.5 Å². The van der Waals surface area contributed by atoms with Gasteiger partial charge in [0.05, 0.1) is 18.3 Å². The Morgan fingerprint density at radius 2 is 1.84 bits per heavy atom. The molecule has 37 heavy (non-hydrogen) atoms. The number of amides is 2. The van der Waals surface area contributed by atoms with Crippen LogP contribution in [0.15, 0.2) is 54.2 Å². The Bertz CT molecular complexity index is 1320. The van der Waals surface area contributed by atoms with Crippen LogP contribution in [-0.2, 0) is 30.9 Å². The van der Waals surface area contributed by atoms with E-state index in [1.54, 1.807) is 33.8 Å². The van der Waals surface area contributed by atoms with E-state index in [1.165, 1.54) is 0 Å². The van der Waals surface area contributed by atoms with Crippen LogP contribution in [0, 0.1) is 12.8 Å². The average molecular weight is 503 g/mol. The van der Waals surface area contributed by atoms with E-state index < -0.39 is 40.9 Å².